The van der Waals surface area contributed by atoms with Gasteiger partial charge in [0.15, 0.2) is 11.6 Å². The predicted octanol–water partition coefficient (Wildman–Crippen LogP) is -0.432. The van der Waals surface area contributed by atoms with E-state index in [1.807, 2.05) is 0 Å². The number of hydrogen-bond acceptors (Lipinski definition) is 4. The minimum atomic E-state index is -0.0905. The fourth-order valence-electron chi connectivity index (χ4n) is 0.952. The van der Waals surface area contributed by atoms with E-state index in [0.717, 1.165) is 0 Å². The van der Waals surface area contributed by atoms with Gasteiger partial charge in [0.05, 0.1) is 6.20 Å². The Morgan fingerprint density at radius 1 is 1.50 bits per heavy atom. The van der Waals surface area contributed by atoms with Gasteiger partial charge in [0.25, 0.3) is 0 Å². The molecule has 0 aliphatic carbocycles. The van der Waals surface area contributed by atoms with Crippen LogP contribution >= 0.6 is 0 Å². The zero-order valence-corrected chi connectivity index (χ0v) is 6.10. The highest BCUT2D eigenvalue weighted by molar-refractivity contribution is 5.87. The van der Waals surface area contributed by atoms with Crippen molar-refractivity contribution in [3.05, 3.63) is 18.9 Å². The van der Waals surface area contributed by atoms with Gasteiger partial charge >= 0.3 is 0 Å². The van der Waals surface area contributed by atoms with Gasteiger partial charge in [-0.05, 0) is 0 Å². The maximum Gasteiger partial charge on any atom is 0.198 e. The number of fused-ring (bicyclic) bond motifs is 1. The standard InChI is InChI=1S/C6H6N6/c7-6(8)12-3-11-5-4(12)1-9-2-10-5/h1-3H,(H3,7,8). The molecule has 0 aromatic carbocycles. The number of imidazole rings is 1. The van der Waals surface area contributed by atoms with E-state index in [4.69, 9.17) is 11.1 Å². The number of nitrogens with zero attached hydrogens (tertiary/aromatic N) is 4. The third-order valence-corrected chi connectivity index (χ3v) is 1.49. The Morgan fingerprint density at radius 3 is 3.08 bits per heavy atom. The van der Waals surface area contributed by atoms with Crippen LogP contribution in [-0.2, 0) is 0 Å². The number of hydrogen-bond donors (Lipinski definition) is 2. The minimum absolute atomic E-state index is 0.0905. The highest BCUT2D eigenvalue weighted by Gasteiger charge is 2.03. The average Bonchev–Trinajstić information content (AvgIpc) is 2.47. The predicted molar refractivity (Wildman–Crippen MR) is 42.6 cm³/mol. The molecule has 60 valence electrons. The van der Waals surface area contributed by atoms with E-state index in [-0.39, 0.29) is 5.96 Å². The Hall–Kier alpha value is -1.98. The smallest absolute Gasteiger partial charge is 0.198 e. The zero-order chi connectivity index (χ0) is 8.55. The largest absolute Gasteiger partial charge is 0.369 e. The van der Waals surface area contributed by atoms with Crippen LogP contribution in [-0.4, -0.2) is 25.5 Å². The fraction of sp³-hybridized carbons (Fsp3) is 0. The molecule has 0 radical (unpaired) electrons. The fourth-order valence-corrected chi connectivity index (χ4v) is 0.952. The third kappa shape index (κ3) is 0.815. The number of aromatic nitrogens is 4. The summed E-state index contributed by atoms with van der Waals surface area (Å²) in [7, 11) is 0. The maximum atomic E-state index is 7.18. The summed E-state index contributed by atoms with van der Waals surface area (Å²) >= 11 is 0. The molecule has 0 fully saturated rings. The molecule has 6 heteroatoms. The van der Waals surface area contributed by atoms with Crippen LogP contribution in [0, 0.1) is 5.41 Å². The van der Waals surface area contributed by atoms with E-state index in [2.05, 4.69) is 15.0 Å². The van der Waals surface area contributed by atoms with E-state index in [9.17, 15) is 0 Å². The second-order valence-corrected chi connectivity index (χ2v) is 2.23. The molecule has 12 heavy (non-hydrogen) atoms. The summed E-state index contributed by atoms with van der Waals surface area (Å²) in [6.45, 7) is 0. The van der Waals surface area contributed by atoms with Crippen molar-refractivity contribution in [3.63, 3.8) is 0 Å². The van der Waals surface area contributed by atoms with Crippen LogP contribution in [0.4, 0.5) is 0 Å². The van der Waals surface area contributed by atoms with Crippen molar-refractivity contribution in [3.8, 4) is 0 Å². The van der Waals surface area contributed by atoms with Gasteiger partial charge in [-0.15, -0.1) is 0 Å². The molecule has 0 spiro atoms. The van der Waals surface area contributed by atoms with Crippen LogP contribution in [0.3, 0.4) is 0 Å². The summed E-state index contributed by atoms with van der Waals surface area (Å²) in [6, 6.07) is 0. The Morgan fingerprint density at radius 2 is 2.33 bits per heavy atom. The molecule has 0 amide bonds. The highest BCUT2D eigenvalue weighted by Crippen LogP contribution is 2.05. The molecule has 2 aromatic rings. The summed E-state index contributed by atoms with van der Waals surface area (Å²) in [6.07, 6.45) is 4.41. The first-order chi connectivity index (χ1) is 5.79. The number of nitrogens with one attached hydrogen (secondary N) is 1. The summed E-state index contributed by atoms with van der Waals surface area (Å²) in [5, 5.41) is 7.18. The molecule has 2 rings (SSSR count). The van der Waals surface area contributed by atoms with E-state index >= 15 is 0 Å². The van der Waals surface area contributed by atoms with Crippen LogP contribution < -0.4 is 5.73 Å². The van der Waals surface area contributed by atoms with E-state index < -0.39 is 0 Å². The maximum absolute atomic E-state index is 7.18. The second kappa shape index (κ2) is 2.26. The Balaban J connectivity index is 2.79. The van der Waals surface area contributed by atoms with Gasteiger partial charge in [-0.2, -0.15) is 0 Å². The molecule has 0 aliphatic heterocycles. The molecule has 0 atom stereocenters. The highest BCUT2D eigenvalue weighted by atomic mass is 15.2. The van der Waals surface area contributed by atoms with Gasteiger partial charge in [-0.3, -0.25) is 9.98 Å². The van der Waals surface area contributed by atoms with Gasteiger partial charge in [0, 0.05) is 0 Å². The average molecular weight is 162 g/mol. The molecule has 0 bridgehead atoms. The molecule has 0 aliphatic rings. The lowest BCUT2D eigenvalue weighted by atomic mass is 10.5. The zero-order valence-electron chi connectivity index (χ0n) is 6.10. The molecule has 0 saturated heterocycles. The SMILES string of the molecule is N=C(N)n1cnc2ncncc21. The van der Waals surface area contributed by atoms with E-state index in [1.165, 1.54) is 17.2 Å². The molecule has 2 aromatic heterocycles. The first-order valence-electron chi connectivity index (χ1n) is 3.26. The van der Waals surface area contributed by atoms with Gasteiger partial charge < -0.3 is 5.73 Å². The van der Waals surface area contributed by atoms with Crippen LogP contribution in [0.1, 0.15) is 0 Å². The Bertz CT molecular complexity index is 430. The molecular weight excluding hydrogens is 156 g/mol. The number of nitrogens with two attached hydrogens (primary N) is 1. The van der Waals surface area contributed by atoms with E-state index in [1.54, 1.807) is 6.20 Å². The molecule has 2 heterocycles. The summed E-state index contributed by atoms with van der Waals surface area (Å²) < 4.78 is 1.41. The van der Waals surface area contributed by atoms with Crippen molar-refractivity contribution in [1.29, 1.82) is 5.41 Å². The van der Waals surface area contributed by atoms with Gasteiger partial charge in [0.1, 0.15) is 18.2 Å². The van der Waals surface area contributed by atoms with Crippen LogP contribution in [0.15, 0.2) is 18.9 Å². The van der Waals surface area contributed by atoms with Crippen molar-refractivity contribution >= 4 is 17.1 Å². The monoisotopic (exact) mass is 162 g/mol. The van der Waals surface area contributed by atoms with Crippen LogP contribution in [0.25, 0.3) is 11.2 Å². The van der Waals surface area contributed by atoms with E-state index in [0.29, 0.717) is 11.2 Å². The summed E-state index contributed by atoms with van der Waals surface area (Å²) in [5.41, 5.74) is 6.46. The lowest BCUT2D eigenvalue weighted by Gasteiger charge is -1.96. The summed E-state index contributed by atoms with van der Waals surface area (Å²) in [5.74, 6) is -0.0905. The molecule has 6 nitrogen and oxygen atoms in total. The lowest BCUT2D eigenvalue weighted by molar-refractivity contribution is 1.11. The second-order valence-electron chi connectivity index (χ2n) is 2.23. The van der Waals surface area contributed by atoms with Gasteiger partial charge in [-0.1, -0.05) is 0 Å². The number of nitrogen functional groups attached to an aromatic ring is 1. The van der Waals surface area contributed by atoms with Crippen LogP contribution in [0.5, 0.6) is 0 Å². The lowest BCUT2D eigenvalue weighted by Crippen LogP contribution is -2.19. The topological polar surface area (TPSA) is 93.5 Å². The normalized spacial score (nSPS) is 10.3. The minimum Gasteiger partial charge on any atom is -0.369 e. The Labute approximate surface area is 67.6 Å². The van der Waals surface area contributed by atoms with Gasteiger partial charge in [-0.25, -0.2) is 15.0 Å². The molecule has 0 unspecified atom stereocenters. The van der Waals surface area contributed by atoms with Crippen molar-refractivity contribution < 1.29 is 0 Å². The van der Waals surface area contributed by atoms with Crippen molar-refractivity contribution in [1.82, 2.24) is 19.5 Å². The molecule has 0 saturated carbocycles. The van der Waals surface area contributed by atoms with Gasteiger partial charge in [0.2, 0.25) is 0 Å². The first kappa shape index (κ1) is 6.71. The first-order valence-corrected chi connectivity index (χ1v) is 3.26. The van der Waals surface area contributed by atoms with Crippen molar-refractivity contribution in [2.24, 2.45) is 5.73 Å². The quantitative estimate of drug-likeness (QED) is 0.406. The molecule has 3 N–H and O–H groups in total. The summed E-state index contributed by atoms with van der Waals surface area (Å²) in [4.78, 5) is 11.6. The third-order valence-electron chi connectivity index (χ3n) is 1.49. The number of rotatable bonds is 0. The van der Waals surface area contributed by atoms with Crippen molar-refractivity contribution in [2.45, 2.75) is 0 Å². The van der Waals surface area contributed by atoms with Crippen LogP contribution in [0.2, 0.25) is 0 Å². The Kier molecular flexibility index (Phi) is 1.26. The van der Waals surface area contributed by atoms with Crippen molar-refractivity contribution in [2.75, 3.05) is 0 Å². The molecular formula is C6H6N6.